The maximum atomic E-state index is 12.8. The zero-order valence-electron chi connectivity index (χ0n) is 12.3. The Morgan fingerprint density at radius 1 is 1.14 bits per heavy atom. The molecule has 0 saturated carbocycles. The Balaban J connectivity index is 1.76. The lowest BCUT2D eigenvalue weighted by Crippen LogP contribution is -2.32. The maximum absolute atomic E-state index is 12.8. The predicted octanol–water partition coefficient (Wildman–Crippen LogP) is 3.67. The summed E-state index contributed by atoms with van der Waals surface area (Å²) in [6, 6.07) is 13.5. The van der Waals surface area contributed by atoms with Crippen LogP contribution in [-0.2, 0) is 11.2 Å². The van der Waals surface area contributed by atoms with Crippen LogP contribution in [0.3, 0.4) is 0 Å². The number of nitrogens with zero attached hydrogens (tertiary/aromatic N) is 1. The third kappa shape index (κ3) is 5.15. The molecule has 3 nitrogen and oxygen atoms in total. The van der Waals surface area contributed by atoms with Crippen molar-refractivity contribution in [2.75, 3.05) is 20.2 Å². The van der Waals surface area contributed by atoms with E-state index in [2.05, 4.69) is 15.9 Å². The molecule has 2 aromatic rings. The van der Waals surface area contributed by atoms with Gasteiger partial charge in [-0.3, -0.25) is 4.79 Å². The number of hydrogen-bond donors (Lipinski definition) is 0. The fourth-order valence-corrected chi connectivity index (χ4v) is 2.13. The van der Waals surface area contributed by atoms with Crippen LogP contribution >= 0.6 is 15.9 Å². The zero-order valence-corrected chi connectivity index (χ0v) is 13.8. The third-order valence-electron chi connectivity index (χ3n) is 3.20. The largest absolute Gasteiger partial charge is 0.492 e. The second-order valence-electron chi connectivity index (χ2n) is 4.92. The minimum Gasteiger partial charge on any atom is -0.492 e. The Labute approximate surface area is 137 Å². The third-order valence-corrected chi connectivity index (χ3v) is 3.73. The summed E-state index contributed by atoms with van der Waals surface area (Å²) >= 11 is 3.36. The summed E-state index contributed by atoms with van der Waals surface area (Å²) in [7, 11) is 1.73. The second-order valence-corrected chi connectivity index (χ2v) is 5.84. The average molecular weight is 366 g/mol. The van der Waals surface area contributed by atoms with Gasteiger partial charge in [0.25, 0.3) is 0 Å². The summed E-state index contributed by atoms with van der Waals surface area (Å²) in [5, 5.41) is 0. The molecule has 22 heavy (non-hydrogen) atoms. The summed E-state index contributed by atoms with van der Waals surface area (Å²) in [6.45, 7) is 0.920. The van der Waals surface area contributed by atoms with Crippen molar-refractivity contribution in [3.05, 3.63) is 64.4 Å². The van der Waals surface area contributed by atoms with Gasteiger partial charge in [-0.1, -0.05) is 28.1 Å². The van der Waals surface area contributed by atoms with Crippen LogP contribution in [0.1, 0.15) is 5.56 Å². The molecule has 0 aliphatic heterocycles. The van der Waals surface area contributed by atoms with Crippen LogP contribution in [0.25, 0.3) is 0 Å². The summed E-state index contributed by atoms with van der Waals surface area (Å²) in [5.74, 6) is 0.445. The number of carbonyl (C=O) groups excluding carboxylic acids is 1. The van der Waals surface area contributed by atoms with Crippen LogP contribution in [-0.4, -0.2) is 31.0 Å². The molecule has 116 valence electrons. The number of amides is 1. The van der Waals surface area contributed by atoms with Crippen LogP contribution in [0.5, 0.6) is 5.75 Å². The number of rotatable bonds is 6. The van der Waals surface area contributed by atoms with Gasteiger partial charge in [-0.2, -0.15) is 0 Å². The highest BCUT2D eigenvalue weighted by atomic mass is 79.9. The molecule has 0 saturated heterocycles. The Morgan fingerprint density at radius 3 is 2.41 bits per heavy atom. The first-order valence-electron chi connectivity index (χ1n) is 6.91. The van der Waals surface area contributed by atoms with E-state index in [0.29, 0.717) is 13.2 Å². The molecule has 0 fully saturated rings. The molecule has 2 rings (SSSR count). The van der Waals surface area contributed by atoms with Crippen molar-refractivity contribution in [1.29, 1.82) is 0 Å². The molecular weight excluding hydrogens is 349 g/mol. The van der Waals surface area contributed by atoms with E-state index in [1.165, 1.54) is 12.1 Å². The van der Waals surface area contributed by atoms with Crippen LogP contribution < -0.4 is 4.74 Å². The lowest BCUT2D eigenvalue weighted by Gasteiger charge is -2.17. The topological polar surface area (TPSA) is 29.5 Å². The summed E-state index contributed by atoms with van der Waals surface area (Å²) < 4.78 is 19.4. The Kier molecular flexibility index (Phi) is 5.95. The monoisotopic (exact) mass is 365 g/mol. The Hall–Kier alpha value is -1.88. The van der Waals surface area contributed by atoms with Crippen LogP contribution in [0.2, 0.25) is 0 Å². The van der Waals surface area contributed by atoms with E-state index < -0.39 is 0 Å². The van der Waals surface area contributed by atoms with E-state index in [9.17, 15) is 9.18 Å². The van der Waals surface area contributed by atoms with E-state index in [0.717, 1.165) is 15.8 Å². The fourth-order valence-electron chi connectivity index (χ4n) is 1.87. The minimum absolute atomic E-state index is 0.0222. The summed E-state index contributed by atoms with van der Waals surface area (Å²) in [5.41, 5.74) is 0.798. The van der Waals surface area contributed by atoms with E-state index in [-0.39, 0.29) is 18.1 Å². The van der Waals surface area contributed by atoms with Crippen molar-refractivity contribution in [2.45, 2.75) is 6.42 Å². The van der Waals surface area contributed by atoms with Crippen LogP contribution in [0.4, 0.5) is 4.39 Å². The van der Waals surface area contributed by atoms with E-state index in [4.69, 9.17) is 4.74 Å². The molecule has 0 spiro atoms. The van der Waals surface area contributed by atoms with Crippen molar-refractivity contribution < 1.29 is 13.9 Å². The average Bonchev–Trinajstić information content (AvgIpc) is 2.51. The first-order valence-corrected chi connectivity index (χ1v) is 7.70. The van der Waals surface area contributed by atoms with Crippen molar-refractivity contribution in [2.24, 2.45) is 0 Å². The van der Waals surface area contributed by atoms with Gasteiger partial charge in [-0.15, -0.1) is 0 Å². The molecule has 0 bridgehead atoms. The first-order chi connectivity index (χ1) is 10.5. The predicted molar refractivity (Wildman–Crippen MR) is 87.4 cm³/mol. The maximum Gasteiger partial charge on any atom is 0.226 e. The van der Waals surface area contributed by atoms with Crippen molar-refractivity contribution in [3.8, 4) is 5.75 Å². The zero-order chi connectivity index (χ0) is 15.9. The quantitative estimate of drug-likeness (QED) is 0.781. The molecule has 5 heteroatoms. The lowest BCUT2D eigenvalue weighted by atomic mass is 10.1. The van der Waals surface area contributed by atoms with Gasteiger partial charge in [-0.05, 0) is 42.0 Å². The standard InChI is InChI=1S/C17H17BrFNO2/c1-20(10-11-22-16-8-4-14(18)5-9-16)17(21)12-13-2-6-15(19)7-3-13/h2-9H,10-12H2,1H3. The van der Waals surface area contributed by atoms with Gasteiger partial charge in [-0.25, -0.2) is 4.39 Å². The summed E-state index contributed by atoms with van der Waals surface area (Å²) in [4.78, 5) is 13.7. The minimum atomic E-state index is -0.299. The first kappa shape index (κ1) is 16.5. The molecule has 0 aromatic heterocycles. The molecule has 0 aliphatic carbocycles. The van der Waals surface area contributed by atoms with Gasteiger partial charge < -0.3 is 9.64 Å². The van der Waals surface area contributed by atoms with Crippen LogP contribution in [0.15, 0.2) is 53.0 Å². The highest BCUT2D eigenvalue weighted by molar-refractivity contribution is 9.10. The van der Waals surface area contributed by atoms with Gasteiger partial charge in [0.15, 0.2) is 0 Å². The number of halogens is 2. The van der Waals surface area contributed by atoms with Crippen molar-refractivity contribution in [3.63, 3.8) is 0 Å². The number of hydrogen-bond acceptors (Lipinski definition) is 2. The van der Waals surface area contributed by atoms with Crippen LogP contribution in [0, 0.1) is 5.82 Å². The smallest absolute Gasteiger partial charge is 0.226 e. The highest BCUT2D eigenvalue weighted by Crippen LogP contribution is 2.16. The molecule has 0 unspecified atom stereocenters. The Bertz CT molecular complexity index is 614. The molecule has 0 heterocycles. The number of ether oxygens (including phenoxy) is 1. The summed E-state index contributed by atoms with van der Waals surface area (Å²) in [6.07, 6.45) is 0.259. The molecule has 1 amide bonds. The number of carbonyl (C=O) groups is 1. The molecular formula is C17H17BrFNO2. The number of benzene rings is 2. The molecule has 0 atom stereocenters. The Morgan fingerprint density at radius 2 is 1.77 bits per heavy atom. The molecule has 2 aromatic carbocycles. The van der Waals surface area contributed by atoms with E-state index in [1.807, 2.05) is 24.3 Å². The fraction of sp³-hybridized carbons (Fsp3) is 0.235. The second kappa shape index (κ2) is 7.94. The highest BCUT2D eigenvalue weighted by Gasteiger charge is 2.09. The lowest BCUT2D eigenvalue weighted by molar-refractivity contribution is -0.129. The number of likely N-dealkylation sites (N-methyl/N-ethyl adjacent to an activating group) is 1. The van der Waals surface area contributed by atoms with Gasteiger partial charge in [0.1, 0.15) is 18.2 Å². The van der Waals surface area contributed by atoms with E-state index in [1.54, 1.807) is 24.1 Å². The van der Waals surface area contributed by atoms with Gasteiger partial charge in [0.05, 0.1) is 13.0 Å². The molecule has 0 aliphatic rings. The van der Waals surface area contributed by atoms with Crippen molar-refractivity contribution >= 4 is 21.8 Å². The van der Waals surface area contributed by atoms with Crippen molar-refractivity contribution in [1.82, 2.24) is 4.90 Å². The van der Waals surface area contributed by atoms with Gasteiger partial charge >= 0.3 is 0 Å². The normalized spacial score (nSPS) is 10.3. The van der Waals surface area contributed by atoms with Gasteiger partial charge in [0.2, 0.25) is 5.91 Å². The van der Waals surface area contributed by atoms with Gasteiger partial charge in [0, 0.05) is 11.5 Å². The SMILES string of the molecule is CN(CCOc1ccc(Br)cc1)C(=O)Cc1ccc(F)cc1. The van der Waals surface area contributed by atoms with E-state index >= 15 is 0 Å². The molecule has 0 radical (unpaired) electrons. The molecule has 0 N–H and O–H groups in total.